The van der Waals surface area contributed by atoms with Gasteiger partial charge in [-0.05, 0) is 19.8 Å². The number of rotatable bonds is 3. The van der Waals surface area contributed by atoms with Crippen molar-refractivity contribution in [3.05, 3.63) is 60.1 Å². The van der Waals surface area contributed by atoms with Crippen LogP contribution in [0.15, 0.2) is 47.4 Å². The van der Waals surface area contributed by atoms with Gasteiger partial charge in [-0.2, -0.15) is 4.98 Å². The summed E-state index contributed by atoms with van der Waals surface area (Å²) in [6.45, 7) is 3.10. The Kier molecular flexibility index (Phi) is 4.43. The molecule has 132 valence electrons. The summed E-state index contributed by atoms with van der Waals surface area (Å²) in [7, 11) is 0. The lowest BCUT2D eigenvalue weighted by molar-refractivity contribution is 0.0703. The van der Waals surface area contributed by atoms with Gasteiger partial charge in [0, 0.05) is 30.8 Å². The van der Waals surface area contributed by atoms with Crippen molar-refractivity contribution >= 4 is 5.91 Å². The maximum absolute atomic E-state index is 13.2. The molecule has 7 nitrogen and oxygen atoms in total. The van der Waals surface area contributed by atoms with Crippen molar-refractivity contribution in [1.29, 1.82) is 0 Å². The van der Waals surface area contributed by atoms with Gasteiger partial charge < -0.3 is 9.42 Å². The van der Waals surface area contributed by atoms with E-state index in [4.69, 9.17) is 4.52 Å². The molecule has 1 aliphatic rings. The highest BCUT2D eigenvalue weighted by Gasteiger charge is 2.29. The molecule has 1 saturated heterocycles. The quantitative estimate of drug-likeness (QED) is 0.723. The molecule has 0 aliphatic carbocycles. The number of piperidine rings is 1. The molecule has 0 unspecified atom stereocenters. The summed E-state index contributed by atoms with van der Waals surface area (Å²) in [4.78, 5) is 28.0. The maximum atomic E-state index is 13.2. The van der Waals surface area contributed by atoms with Crippen molar-refractivity contribution in [2.45, 2.75) is 25.7 Å². The lowest BCUT2D eigenvalue weighted by Crippen LogP contribution is -2.39. The minimum absolute atomic E-state index is 0.0583. The molecule has 1 aromatic carbocycles. The van der Waals surface area contributed by atoms with Crippen LogP contribution >= 0.6 is 0 Å². The highest BCUT2D eigenvalue weighted by molar-refractivity contribution is 5.99. The van der Waals surface area contributed by atoms with Crippen molar-refractivity contribution in [3.8, 4) is 11.3 Å². The molecule has 0 bridgehead atoms. The fourth-order valence-electron chi connectivity index (χ4n) is 3.34. The van der Waals surface area contributed by atoms with Crippen LogP contribution in [0.1, 0.15) is 40.8 Å². The van der Waals surface area contributed by atoms with E-state index in [9.17, 15) is 4.79 Å². The largest absolute Gasteiger partial charge is 0.343 e. The minimum Gasteiger partial charge on any atom is -0.343 e. The van der Waals surface area contributed by atoms with Gasteiger partial charge >= 0.3 is 0 Å². The Balaban J connectivity index is 1.64. The van der Waals surface area contributed by atoms with E-state index >= 15 is 0 Å². The molecule has 0 radical (unpaired) electrons. The summed E-state index contributed by atoms with van der Waals surface area (Å²) in [5.74, 6) is 1.34. The van der Waals surface area contributed by atoms with Crippen LogP contribution in [0.3, 0.4) is 0 Å². The number of carbonyl (C=O) groups is 1. The summed E-state index contributed by atoms with van der Waals surface area (Å²) < 4.78 is 4.85. The first-order chi connectivity index (χ1) is 12.7. The zero-order valence-corrected chi connectivity index (χ0v) is 14.5. The summed E-state index contributed by atoms with van der Waals surface area (Å²) in [5, 5.41) is 3.93. The number of likely N-dealkylation sites (tertiary alicyclic amines) is 1. The molecule has 3 aromatic rings. The van der Waals surface area contributed by atoms with Gasteiger partial charge in [0.2, 0.25) is 6.39 Å². The van der Waals surface area contributed by atoms with Crippen LogP contribution in [-0.4, -0.2) is 44.0 Å². The number of hydrogen-bond acceptors (Lipinski definition) is 6. The monoisotopic (exact) mass is 349 g/mol. The number of nitrogens with zero attached hydrogens (tertiary/aromatic N) is 5. The average Bonchev–Trinajstić information content (AvgIpc) is 3.23. The zero-order chi connectivity index (χ0) is 17.9. The predicted molar refractivity (Wildman–Crippen MR) is 94.4 cm³/mol. The molecular formula is C19H19N5O2. The molecule has 1 amide bonds. The first-order valence-corrected chi connectivity index (χ1v) is 8.67. The lowest BCUT2D eigenvalue weighted by atomic mass is 9.96. The molecule has 1 fully saturated rings. The molecule has 0 saturated carbocycles. The van der Waals surface area contributed by atoms with E-state index in [1.807, 2.05) is 42.2 Å². The second-order valence-corrected chi connectivity index (χ2v) is 6.43. The van der Waals surface area contributed by atoms with Gasteiger partial charge in [0.05, 0.1) is 11.3 Å². The normalized spacial score (nSPS) is 17.3. The Hall–Kier alpha value is -3.09. The maximum Gasteiger partial charge on any atom is 0.257 e. The van der Waals surface area contributed by atoms with Crippen LogP contribution in [0.4, 0.5) is 0 Å². The number of aromatic nitrogens is 4. The van der Waals surface area contributed by atoms with Gasteiger partial charge in [-0.1, -0.05) is 35.5 Å². The van der Waals surface area contributed by atoms with E-state index in [2.05, 4.69) is 20.1 Å². The Bertz CT molecular complexity index is 896. The van der Waals surface area contributed by atoms with E-state index in [1.54, 1.807) is 6.20 Å². The van der Waals surface area contributed by atoms with E-state index in [0.29, 0.717) is 36.0 Å². The third-order valence-electron chi connectivity index (χ3n) is 4.64. The Labute approximate surface area is 151 Å². The summed E-state index contributed by atoms with van der Waals surface area (Å²) in [5.41, 5.74) is 2.11. The third-order valence-corrected chi connectivity index (χ3v) is 4.64. The topological polar surface area (TPSA) is 85.0 Å². The van der Waals surface area contributed by atoms with Gasteiger partial charge in [0.1, 0.15) is 5.82 Å². The van der Waals surface area contributed by atoms with Gasteiger partial charge in [-0.15, -0.1) is 0 Å². The molecular weight excluding hydrogens is 330 g/mol. The summed E-state index contributed by atoms with van der Waals surface area (Å²) >= 11 is 0. The van der Waals surface area contributed by atoms with Crippen molar-refractivity contribution in [3.63, 3.8) is 0 Å². The molecule has 1 aliphatic heterocycles. The second kappa shape index (κ2) is 7.03. The molecule has 0 N–H and O–H groups in total. The number of hydrogen-bond donors (Lipinski definition) is 0. The smallest absolute Gasteiger partial charge is 0.257 e. The van der Waals surface area contributed by atoms with Crippen molar-refractivity contribution < 1.29 is 9.32 Å². The molecule has 2 aromatic heterocycles. The summed E-state index contributed by atoms with van der Waals surface area (Å²) in [6, 6.07) is 9.73. The van der Waals surface area contributed by atoms with Crippen LogP contribution in [0.2, 0.25) is 0 Å². The van der Waals surface area contributed by atoms with Crippen molar-refractivity contribution in [2.75, 3.05) is 13.1 Å². The Morgan fingerprint density at radius 2 is 2.08 bits per heavy atom. The van der Waals surface area contributed by atoms with E-state index < -0.39 is 0 Å². The van der Waals surface area contributed by atoms with Crippen LogP contribution < -0.4 is 0 Å². The molecule has 4 rings (SSSR count). The molecule has 3 heterocycles. The van der Waals surface area contributed by atoms with Gasteiger partial charge in [-0.25, -0.2) is 9.97 Å². The fourth-order valence-corrected chi connectivity index (χ4v) is 3.34. The second-order valence-electron chi connectivity index (χ2n) is 6.43. The van der Waals surface area contributed by atoms with E-state index in [1.165, 1.54) is 6.39 Å². The van der Waals surface area contributed by atoms with Crippen molar-refractivity contribution in [1.82, 2.24) is 25.0 Å². The van der Waals surface area contributed by atoms with E-state index in [-0.39, 0.29) is 11.8 Å². The van der Waals surface area contributed by atoms with E-state index in [0.717, 1.165) is 18.4 Å². The SMILES string of the molecule is Cc1ncc(C(=O)N2CCC[C@H](c3ncon3)C2)c(-c2ccccc2)n1. The molecule has 0 spiro atoms. The standard InChI is InChI=1S/C19H19N5O2/c1-13-20-10-16(17(22-13)14-6-3-2-4-7-14)19(25)24-9-5-8-15(11-24)18-21-12-26-23-18/h2-4,6-7,10,12,15H,5,8-9,11H2,1H3/t15-/m0/s1. The number of benzene rings is 1. The first-order valence-electron chi connectivity index (χ1n) is 8.67. The van der Waals surface area contributed by atoms with Gasteiger partial charge in [-0.3, -0.25) is 4.79 Å². The number of amides is 1. The number of aryl methyl sites for hydroxylation is 1. The lowest BCUT2D eigenvalue weighted by Gasteiger charge is -2.31. The third kappa shape index (κ3) is 3.20. The Morgan fingerprint density at radius 3 is 2.85 bits per heavy atom. The van der Waals surface area contributed by atoms with Crippen LogP contribution in [0.25, 0.3) is 11.3 Å². The summed E-state index contributed by atoms with van der Waals surface area (Å²) in [6.07, 6.45) is 4.81. The molecule has 7 heteroatoms. The molecule has 26 heavy (non-hydrogen) atoms. The van der Waals surface area contributed by atoms with Crippen LogP contribution in [0.5, 0.6) is 0 Å². The molecule has 1 atom stereocenters. The van der Waals surface area contributed by atoms with Crippen molar-refractivity contribution in [2.24, 2.45) is 0 Å². The van der Waals surface area contributed by atoms with Crippen LogP contribution in [0, 0.1) is 6.92 Å². The Morgan fingerprint density at radius 1 is 1.23 bits per heavy atom. The van der Waals surface area contributed by atoms with Gasteiger partial charge in [0.15, 0.2) is 5.82 Å². The highest BCUT2D eigenvalue weighted by atomic mass is 16.5. The number of carbonyl (C=O) groups excluding carboxylic acids is 1. The zero-order valence-electron chi connectivity index (χ0n) is 14.5. The predicted octanol–water partition coefficient (Wildman–Crippen LogP) is 2.85. The highest BCUT2D eigenvalue weighted by Crippen LogP contribution is 2.28. The minimum atomic E-state index is -0.0583. The van der Waals surface area contributed by atoms with Gasteiger partial charge in [0.25, 0.3) is 5.91 Å². The van der Waals surface area contributed by atoms with Crippen LogP contribution in [-0.2, 0) is 0 Å². The average molecular weight is 349 g/mol. The fraction of sp³-hybridized carbons (Fsp3) is 0.316. The first kappa shape index (κ1) is 16.4.